The van der Waals surface area contributed by atoms with Crippen LogP contribution in [0.15, 0.2) is 40.8 Å². The van der Waals surface area contributed by atoms with Crippen molar-refractivity contribution >= 4 is 47.4 Å². The number of nitrogens with one attached hydrogen (secondary N) is 1. The van der Waals surface area contributed by atoms with E-state index < -0.39 is 17.7 Å². The van der Waals surface area contributed by atoms with E-state index in [9.17, 15) is 14.4 Å². The van der Waals surface area contributed by atoms with E-state index in [2.05, 4.69) is 10.2 Å². The monoisotopic (exact) mass is 562 g/mol. The molecule has 1 aromatic heterocycles. The van der Waals surface area contributed by atoms with Crippen LogP contribution in [0.1, 0.15) is 51.1 Å². The zero-order chi connectivity index (χ0) is 28.7. The van der Waals surface area contributed by atoms with Crippen molar-refractivity contribution in [3.63, 3.8) is 0 Å². The molecule has 0 spiro atoms. The lowest BCUT2D eigenvalue weighted by atomic mass is 10.1. The fourth-order valence-corrected chi connectivity index (χ4v) is 4.78. The molecule has 2 aromatic rings. The number of hydrogen-bond donors (Lipinski definition) is 2. The van der Waals surface area contributed by atoms with Gasteiger partial charge >= 0.3 is 6.09 Å². The second kappa shape index (κ2) is 12.9. The van der Waals surface area contributed by atoms with Crippen molar-refractivity contribution < 1.29 is 33.4 Å². The maximum Gasteiger partial charge on any atom is 0.411 e. The minimum atomic E-state index is -0.608. The molecule has 0 saturated carbocycles. The fraction of sp³-hybridized carbons (Fsp3) is 0.481. The van der Waals surface area contributed by atoms with Gasteiger partial charge in [0.25, 0.3) is 12.4 Å². The summed E-state index contributed by atoms with van der Waals surface area (Å²) in [6.45, 7) is 9.71. The van der Waals surface area contributed by atoms with Gasteiger partial charge in [-0.1, -0.05) is 0 Å². The van der Waals surface area contributed by atoms with Crippen LogP contribution in [0.5, 0.6) is 0 Å². The van der Waals surface area contributed by atoms with Crippen LogP contribution in [0.4, 0.5) is 16.2 Å². The normalized spacial score (nSPS) is 19.2. The molecule has 2 fully saturated rings. The molecule has 3 heterocycles. The largest absolute Gasteiger partial charge is 0.483 e. The van der Waals surface area contributed by atoms with Gasteiger partial charge in [-0.05, 0) is 88.5 Å². The Morgan fingerprint density at radius 2 is 1.67 bits per heavy atom. The molecule has 0 aliphatic carbocycles. The smallest absolute Gasteiger partial charge is 0.411 e. The Bertz CT molecular complexity index is 1150. The van der Waals surface area contributed by atoms with Crippen LogP contribution in [0.3, 0.4) is 0 Å². The Kier molecular flexibility index (Phi) is 9.85. The van der Waals surface area contributed by atoms with Crippen LogP contribution in [0, 0.1) is 0 Å². The highest BCUT2D eigenvalue weighted by molar-refractivity contribution is 6.29. The van der Waals surface area contributed by atoms with Gasteiger partial charge < -0.3 is 29.4 Å². The first kappa shape index (κ1) is 29.8. The Morgan fingerprint density at radius 1 is 1.05 bits per heavy atom. The first-order valence-corrected chi connectivity index (χ1v) is 13.1. The highest BCUT2D eigenvalue weighted by Gasteiger charge is 2.42. The number of nitrogens with zero attached hydrogens (tertiary/aromatic N) is 3. The molecule has 212 valence electrons. The van der Waals surface area contributed by atoms with Crippen LogP contribution < -0.4 is 10.2 Å². The van der Waals surface area contributed by atoms with E-state index in [1.807, 2.05) is 56.9 Å². The zero-order valence-corrected chi connectivity index (χ0v) is 23.3. The topological polar surface area (TPSA) is 133 Å². The molecule has 39 heavy (non-hydrogen) atoms. The number of likely N-dealkylation sites (tertiary alicyclic amines) is 1. The zero-order valence-electron chi connectivity index (χ0n) is 22.6. The SMILES string of the molecule is C[C@@H]1CC[C@@H](C(=O)N2CCN(c3ccc(NC(=O)c4ccc(Cl)o4)cc3)CC2)N1C(=O)OC(C)(C)C.O=CO. The van der Waals surface area contributed by atoms with Gasteiger partial charge in [0, 0.05) is 43.6 Å². The van der Waals surface area contributed by atoms with Crippen molar-refractivity contribution in [3.05, 3.63) is 47.4 Å². The predicted octanol–water partition coefficient (Wildman–Crippen LogP) is 4.32. The predicted molar refractivity (Wildman–Crippen MR) is 146 cm³/mol. The molecule has 4 rings (SSSR count). The lowest BCUT2D eigenvalue weighted by Gasteiger charge is -2.39. The second-order valence-corrected chi connectivity index (χ2v) is 10.7. The molecule has 11 nitrogen and oxygen atoms in total. The molecule has 12 heteroatoms. The maximum absolute atomic E-state index is 13.3. The number of carboxylic acid groups (broad SMARTS) is 1. The highest BCUT2D eigenvalue weighted by Crippen LogP contribution is 2.28. The molecule has 1 aromatic carbocycles. The van der Waals surface area contributed by atoms with E-state index in [-0.39, 0.29) is 35.3 Å². The molecule has 2 atom stereocenters. The molecule has 2 aliphatic rings. The summed E-state index contributed by atoms with van der Waals surface area (Å²) in [6.07, 6.45) is 1.01. The highest BCUT2D eigenvalue weighted by atomic mass is 35.5. The van der Waals surface area contributed by atoms with Gasteiger partial charge in [-0.2, -0.15) is 0 Å². The standard InChI is InChI=1S/C26H33ClN4O5.CH2O2/c1-17-5-10-20(31(17)25(34)36-26(2,3)4)24(33)30-15-13-29(14-16-30)19-8-6-18(7-9-19)28-23(32)21-11-12-22(27)35-21;2-1-3/h6-9,11-12,17,20H,5,10,13-16H2,1-4H3,(H,28,32);1H,(H,2,3)/t17-,20+;/m1./s1. The van der Waals surface area contributed by atoms with Gasteiger partial charge in [-0.25, -0.2) is 4.79 Å². The van der Waals surface area contributed by atoms with Crippen LogP contribution in [0.2, 0.25) is 5.22 Å². The van der Waals surface area contributed by atoms with Crippen LogP contribution in [-0.2, 0) is 14.3 Å². The van der Waals surface area contributed by atoms with Crippen molar-refractivity contribution in [1.82, 2.24) is 9.80 Å². The molecule has 0 radical (unpaired) electrons. The summed E-state index contributed by atoms with van der Waals surface area (Å²) in [5.74, 6) is -0.240. The van der Waals surface area contributed by atoms with Crippen molar-refractivity contribution in [3.8, 4) is 0 Å². The van der Waals surface area contributed by atoms with Crippen molar-refractivity contribution in [2.75, 3.05) is 36.4 Å². The molecular weight excluding hydrogens is 528 g/mol. The molecular formula is C27H35ClN4O7. The van der Waals surface area contributed by atoms with E-state index in [4.69, 9.17) is 30.7 Å². The number of piperazine rings is 1. The third kappa shape index (κ3) is 7.89. The number of carbonyl (C=O) groups excluding carboxylic acids is 3. The molecule has 0 bridgehead atoms. The molecule has 3 amide bonds. The molecule has 2 N–H and O–H groups in total. The number of rotatable bonds is 4. The lowest BCUT2D eigenvalue weighted by molar-refractivity contribution is -0.136. The number of anilines is 2. The molecule has 2 aliphatic heterocycles. The van der Waals surface area contributed by atoms with Gasteiger partial charge in [-0.15, -0.1) is 0 Å². The number of halogens is 1. The minimum absolute atomic E-state index is 0.0130. The van der Waals surface area contributed by atoms with Crippen molar-refractivity contribution in [2.24, 2.45) is 0 Å². The van der Waals surface area contributed by atoms with E-state index in [0.717, 1.165) is 12.1 Å². The van der Waals surface area contributed by atoms with Gasteiger partial charge in [0.05, 0.1) is 0 Å². The summed E-state index contributed by atoms with van der Waals surface area (Å²) in [5.41, 5.74) is 1.04. The van der Waals surface area contributed by atoms with E-state index in [0.29, 0.717) is 38.3 Å². The van der Waals surface area contributed by atoms with Crippen LogP contribution in [-0.4, -0.2) is 83.1 Å². The number of benzene rings is 1. The summed E-state index contributed by atoms with van der Waals surface area (Å²) in [6, 6.07) is 10.1. The summed E-state index contributed by atoms with van der Waals surface area (Å²) in [5, 5.41) is 9.83. The number of amides is 3. The van der Waals surface area contributed by atoms with E-state index in [1.165, 1.54) is 12.1 Å². The number of carbonyl (C=O) groups is 4. The van der Waals surface area contributed by atoms with Gasteiger partial charge in [-0.3, -0.25) is 19.3 Å². The Hall–Kier alpha value is -3.73. The summed E-state index contributed by atoms with van der Waals surface area (Å²) in [4.78, 5) is 52.4. The molecule has 2 saturated heterocycles. The average Bonchev–Trinajstić information content (AvgIpc) is 3.49. The lowest BCUT2D eigenvalue weighted by Crippen LogP contribution is -2.55. The number of ether oxygens (including phenoxy) is 1. The number of furan rings is 1. The van der Waals surface area contributed by atoms with Crippen molar-refractivity contribution in [2.45, 2.75) is 58.2 Å². The first-order valence-electron chi connectivity index (χ1n) is 12.7. The van der Waals surface area contributed by atoms with Crippen LogP contribution >= 0.6 is 11.6 Å². The Labute approximate surface area is 232 Å². The van der Waals surface area contributed by atoms with Gasteiger partial charge in [0.2, 0.25) is 5.91 Å². The third-order valence-corrected chi connectivity index (χ3v) is 6.64. The summed E-state index contributed by atoms with van der Waals surface area (Å²) in [7, 11) is 0. The van der Waals surface area contributed by atoms with Gasteiger partial charge in [0.1, 0.15) is 11.6 Å². The van der Waals surface area contributed by atoms with Gasteiger partial charge in [0.15, 0.2) is 11.0 Å². The average molecular weight is 563 g/mol. The Morgan fingerprint density at radius 3 is 2.21 bits per heavy atom. The number of hydrogen-bond acceptors (Lipinski definition) is 7. The fourth-order valence-electron chi connectivity index (χ4n) is 4.63. The third-order valence-electron chi connectivity index (χ3n) is 6.44. The van der Waals surface area contributed by atoms with Crippen LogP contribution in [0.25, 0.3) is 0 Å². The summed E-state index contributed by atoms with van der Waals surface area (Å²) >= 11 is 5.73. The quantitative estimate of drug-likeness (QED) is 0.526. The van der Waals surface area contributed by atoms with E-state index >= 15 is 0 Å². The van der Waals surface area contributed by atoms with Crippen molar-refractivity contribution in [1.29, 1.82) is 0 Å². The maximum atomic E-state index is 13.3. The second-order valence-electron chi connectivity index (χ2n) is 10.4. The minimum Gasteiger partial charge on any atom is -0.483 e. The first-order chi connectivity index (χ1) is 18.4. The summed E-state index contributed by atoms with van der Waals surface area (Å²) < 4.78 is 10.7. The van der Waals surface area contributed by atoms with E-state index in [1.54, 1.807) is 4.90 Å². The Balaban J connectivity index is 0.00000134. The molecule has 0 unspecified atom stereocenters.